The fourth-order valence-corrected chi connectivity index (χ4v) is 1.72. The highest BCUT2D eigenvalue weighted by atomic mass is 16.5. The van der Waals surface area contributed by atoms with Crippen molar-refractivity contribution < 1.29 is 19.1 Å². The minimum absolute atomic E-state index is 0.124. The highest BCUT2D eigenvalue weighted by Gasteiger charge is 2.11. The number of esters is 1. The summed E-state index contributed by atoms with van der Waals surface area (Å²) in [7, 11) is 0. The first-order chi connectivity index (χ1) is 11.2. The standard InChI is InChI=1S/C16H17N3O4/c1-2-22-14-8-13(18-11-19-14)16(21)17-9-15(20)23-10-12-6-4-3-5-7-12/h3-8,11H,2,9-10H2,1H3,(H,17,21). The second kappa shape index (κ2) is 8.47. The summed E-state index contributed by atoms with van der Waals surface area (Å²) in [5.41, 5.74) is 1.00. The van der Waals surface area contributed by atoms with E-state index in [-0.39, 0.29) is 18.8 Å². The lowest BCUT2D eigenvalue weighted by Crippen LogP contribution is -2.31. The van der Waals surface area contributed by atoms with Gasteiger partial charge in [0.15, 0.2) is 0 Å². The highest BCUT2D eigenvalue weighted by Crippen LogP contribution is 2.06. The highest BCUT2D eigenvalue weighted by molar-refractivity contribution is 5.94. The van der Waals surface area contributed by atoms with Crippen LogP contribution in [0.5, 0.6) is 5.88 Å². The molecule has 0 aliphatic heterocycles. The van der Waals surface area contributed by atoms with Gasteiger partial charge in [-0.1, -0.05) is 30.3 Å². The van der Waals surface area contributed by atoms with Crippen LogP contribution < -0.4 is 10.1 Å². The molecule has 1 amide bonds. The summed E-state index contributed by atoms with van der Waals surface area (Å²) < 4.78 is 10.3. The van der Waals surface area contributed by atoms with Crippen LogP contribution in [0.2, 0.25) is 0 Å². The maximum absolute atomic E-state index is 11.9. The summed E-state index contributed by atoms with van der Waals surface area (Å²) in [6, 6.07) is 10.7. The Hall–Kier alpha value is -2.96. The molecule has 1 aromatic heterocycles. The molecular formula is C16H17N3O4. The lowest BCUT2D eigenvalue weighted by atomic mass is 10.2. The van der Waals surface area contributed by atoms with Crippen molar-refractivity contribution in [3.63, 3.8) is 0 Å². The predicted octanol–water partition coefficient (Wildman–Crippen LogP) is 1.35. The Balaban J connectivity index is 1.79. The smallest absolute Gasteiger partial charge is 0.325 e. The molecule has 0 saturated carbocycles. The van der Waals surface area contributed by atoms with E-state index in [1.54, 1.807) is 0 Å². The molecule has 2 aromatic rings. The van der Waals surface area contributed by atoms with Crippen molar-refractivity contribution >= 4 is 11.9 Å². The normalized spacial score (nSPS) is 9.96. The number of hydrogen-bond donors (Lipinski definition) is 1. The van der Waals surface area contributed by atoms with Crippen molar-refractivity contribution in [2.45, 2.75) is 13.5 Å². The Morgan fingerprint density at radius 2 is 1.96 bits per heavy atom. The molecule has 1 heterocycles. The summed E-state index contributed by atoms with van der Waals surface area (Å²) in [6.45, 7) is 2.17. The molecule has 0 spiro atoms. The van der Waals surface area contributed by atoms with E-state index in [0.29, 0.717) is 12.5 Å². The number of rotatable bonds is 7. The van der Waals surface area contributed by atoms with Crippen LogP contribution in [0.15, 0.2) is 42.7 Å². The Bertz CT molecular complexity index is 661. The van der Waals surface area contributed by atoms with Crippen LogP contribution in [-0.4, -0.2) is 35.0 Å². The van der Waals surface area contributed by atoms with Crippen molar-refractivity contribution in [2.75, 3.05) is 13.2 Å². The molecule has 0 aliphatic rings. The first-order valence-electron chi connectivity index (χ1n) is 7.11. The van der Waals surface area contributed by atoms with E-state index in [4.69, 9.17) is 9.47 Å². The number of amides is 1. The lowest BCUT2D eigenvalue weighted by molar-refractivity contribution is -0.143. The summed E-state index contributed by atoms with van der Waals surface area (Å²) in [6.07, 6.45) is 1.23. The van der Waals surface area contributed by atoms with Gasteiger partial charge in [0, 0.05) is 6.07 Å². The molecule has 0 bridgehead atoms. The Morgan fingerprint density at radius 3 is 2.70 bits per heavy atom. The SMILES string of the molecule is CCOc1cc(C(=O)NCC(=O)OCc2ccccc2)ncn1. The van der Waals surface area contributed by atoms with Gasteiger partial charge in [-0.15, -0.1) is 0 Å². The molecule has 0 saturated heterocycles. The minimum atomic E-state index is -0.527. The Kier molecular flexibility index (Phi) is 6.05. The molecule has 1 N–H and O–H groups in total. The minimum Gasteiger partial charge on any atom is -0.478 e. The molecule has 0 fully saturated rings. The second-order valence-electron chi connectivity index (χ2n) is 4.50. The molecule has 1 aromatic carbocycles. The number of nitrogens with zero attached hydrogens (tertiary/aromatic N) is 2. The van der Waals surface area contributed by atoms with Gasteiger partial charge in [0.25, 0.3) is 5.91 Å². The summed E-state index contributed by atoms with van der Waals surface area (Å²) in [5.74, 6) is -0.717. The van der Waals surface area contributed by atoms with Gasteiger partial charge >= 0.3 is 5.97 Å². The number of nitrogens with one attached hydrogen (secondary N) is 1. The quantitative estimate of drug-likeness (QED) is 0.776. The fraction of sp³-hybridized carbons (Fsp3) is 0.250. The monoisotopic (exact) mass is 315 g/mol. The van der Waals surface area contributed by atoms with Gasteiger partial charge in [-0.25, -0.2) is 9.97 Å². The fourth-order valence-electron chi connectivity index (χ4n) is 1.72. The largest absolute Gasteiger partial charge is 0.478 e. The molecule has 7 nitrogen and oxygen atoms in total. The predicted molar refractivity (Wildman–Crippen MR) is 81.8 cm³/mol. The molecular weight excluding hydrogens is 298 g/mol. The first kappa shape index (κ1) is 16.4. The lowest BCUT2D eigenvalue weighted by Gasteiger charge is -2.07. The zero-order valence-corrected chi connectivity index (χ0v) is 12.7. The van der Waals surface area contributed by atoms with Crippen molar-refractivity contribution in [3.8, 4) is 5.88 Å². The Labute approximate surface area is 133 Å². The average Bonchev–Trinajstić information content (AvgIpc) is 2.59. The van der Waals surface area contributed by atoms with Crippen molar-refractivity contribution in [3.05, 3.63) is 54.0 Å². The van der Waals surface area contributed by atoms with E-state index in [0.717, 1.165) is 5.56 Å². The van der Waals surface area contributed by atoms with E-state index in [2.05, 4.69) is 15.3 Å². The van der Waals surface area contributed by atoms with Gasteiger partial charge < -0.3 is 14.8 Å². The number of aromatic nitrogens is 2. The third-order valence-corrected chi connectivity index (χ3v) is 2.80. The zero-order valence-electron chi connectivity index (χ0n) is 12.7. The van der Waals surface area contributed by atoms with Crippen molar-refractivity contribution in [2.24, 2.45) is 0 Å². The molecule has 0 unspecified atom stereocenters. The molecule has 120 valence electrons. The van der Waals surface area contributed by atoms with Crippen LogP contribution in [-0.2, 0) is 16.1 Å². The van der Waals surface area contributed by atoms with Gasteiger partial charge in [-0.3, -0.25) is 9.59 Å². The van der Waals surface area contributed by atoms with Crippen LogP contribution in [0.3, 0.4) is 0 Å². The van der Waals surface area contributed by atoms with E-state index in [9.17, 15) is 9.59 Å². The van der Waals surface area contributed by atoms with E-state index < -0.39 is 11.9 Å². The van der Waals surface area contributed by atoms with Crippen LogP contribution in [0.25, 0.3) is 0 Å². The molecule has 2 rings (SSSR count). The number of benzene rings is 1. The summed E-state index contributed by atoms with van der Waals surface area (Å²) in [4.78, 5) is 31.2. The number of ether oxygens (including phenoxy) is 2. The van der Waals surface area contributed by atoms with Crippen molar-refractivity contribution in [1.29, 1.82) is 0 Å². The maximum atomic E-state index is 11.9. The van der Waals surface area contributed by atoms with Crippen LogP contribution in [0.4, 0.5) is 0 Å². The number of carbonyl (C=O) groups excluding carboxylic acids is 2. The Morgan fingerprint density at radius 1 is 1.17 bits per heavy atom. The van der Waals surface area contributed by atoms with E-state index in [1.165, 1.54) is 12.4 Å². The van der Waals surface area contributed by atoms with Crippen LogP contribution in [0, 0.1) is 0 Å². The van der Waals surface area contributed by atoms with E-state index >= 15 is 0 Å². The third kappa shape index (κ3) is 5.39. The first-order valence-corrected chi connectivity index (χ1v) is 7.11. The third-order valence-electron chi connectivity index (χ3n) is 2.80. The van der Waals surface area contributed by atoms with Crippen LogP contribution >= 0.6 is 0 Å². The van der Waals surface area contributed by atoms with Crippen LogP contribution in [0.1, 0.15) is 23.0 Å². The zero-order chi connectivity index (χ0) is 16.5. The molecule has 0 radical (unpaired) electrons. The molecule has 0 aliphatic carbocycles. The number of hydrogen-bond acceptors (Lipinski definition) is 6. The number of carbonyl (C=O) groups is 2. The van der Waals surface area contributed by atoms with Gasteiger partial charge in [-0.2, -0.15) is 0 Å². The second-order valence-corrected chi connectivity index (χ2v) is 4.50. The average molecular weight is 315 g/mol. The maximum Gasteiger partial charge on any atom is 0.325 e. The van der Waals surface area contributed by atoms with Crippen molar-refractivity contribution in [1.82, 2.24) is 15.3 Å². The van der Waals surface area contributed by atoms with Gasteiger partial charge in [0.05, 0.1) is 6.61 Å². The topological polar surface area (TPSA) is 90.4 Å². The van der Waals surface area contributed by atoms with Gasteiger partial charge in [0.1, 0.15) is 25.2 Å². The van der Waals surface area contributed by atoms with Gasteiger partial charge in [-0.05, 0) is 12.5 Å². The molecule has 7 heteroatoms. The summed E-state index contributed by atoms with van der Waals surface area (Å²) >= 11 is 0. The molecule has 0 atom stereocenters. The summed E-state index contributed by atoms with van der Waals surface area (Å²) in [5, 5.41) is 2.45. The molecule has 23 heavy (non-hydrogen) atoms. The van der Waals surface area contributed by atoms with Gasteiger partial charge in [0.2, 0.25) is 5.88 Å². The van der Waals surface area contributed by atoms with E-state index in [1.807, 2.05) is 37.3 Å².